The van der Waals surface area contributed by atoms with Crippen molar-refractivity contribution in [3.63, 3.8) is 0 Å². The Kier molecular flexibility index (Phi) is 11.3. The summed E-state index contributed by atoms with van der Waals surface area (Å²) in [6.45, 7) is 5.65. The van der Waals surface area contributed by atoms with E-state index < -0.39 is 11.6 Å². The number of nitrogens with one attached hydrogen (secondary N) is 2. The Balaban J connectivity index is 1.65. The lowest BCUT2D eigenvalue weighted by Crippen LogP contribution is -2.54. The molecule has 0 aromatic heterocycles. The maximum absolute atomic E-state index is 14.1. The van der Waals surface area contributed by atoms with E-state index in [4.69, 9.17) is 24.3 Å². The molecule has 3 N–H and O–H groups in total. The summed E-state index contributed by atoms with van der Waals surface area (Å²) in [6.07, 6.45) is 1.14. The highest BCUT2D eigenvalue weighted by molar-refractivity contribution is 9.10. The van der Waals surface area contributed by atoms with Crippen molar-refractivity contribution in [1.82, 2.24) is 10.9 Å². The molecule has 1 amide bonds. The highest BCUT2D eigenvalue weighted by Crippen LogP contribution is 2.42. The molecule has 1 aliphatic heterocycles. The Hall–Kier alpha value is -3.24. The van der Waals surface area contributed by atoms with Crippen LogP contribution in [0.1, 0.15) is 49.5 Å². The second-order valence-corrected chi connectivity index (χ2v) is 11.1. The van der Waals surface area contributed by atoms with E-state index in [0.717, 1.165) is 27.6 Å². The zero-order valence-corrected chi connectivity index (χ0v) is 25.1. The van der Waals surface area contributed by atoms with Gasteiger partial charge in [-0.15, -0.1) is 0 Å². The van der Waals surface area contributed by atoms with E-state index >= 15 is 0 Å². The third kappa shape index (κ3) is 8.39. The predicted molar refractivity (Wildman–Crippen MR) is 163 cm³/mol. The second kappa shape index (κ2) is 15.1. The largest absolute Gasteiger partial charge is 0.494 e. The number of halogens is 1. The number of ether oxygens (including phenoxy) is 3. The Morgan fingerprint density at radius 3 is 2.44 bits per heavy atom. The van der Waals surface area contributed by atoms with E-state index in [2.05, 4.69) is 26.8 Å². The van der Waals surface area contributed by atoms with Gasteiger partial charge in [-0.3, -0.25) is 10.2 Å². The van der Waals surface area contributed by atoms with Crippen LogP contribution in [0.25, 0.3) is 0 Å². The number of nitrogens with zero attached hydrogens (tertiary/aromatic N) is 1. The van der Waals surface area contributed by atoms with Crippen molar-refractivity contribution in [3.05, 3.63) is 100 Å². The summed E-state index contributed by atoms with van der Waals surface area (Å²) >= 11 is 3.50. The average molecular weight is 625 g/mol. The topological polar surface area (TPSA) is 101 Å². The molecule has 9 heteroatoms. The number of amides is 1. The van der Waals surface area contributed by atoms with Gasteiger partial charge in [0.2, 0.25) is 5.90 Å². The highest BCUT2D eigenvalue weighted by atomic mass is 79.9. The Morgan fingerprint density at radius 1 is 1.02 bits per heavy atom. The van der Waals surface area contributed by atoms with Gasteiger partial charge >= 0.3 is 0 Å². The van der Waals surface area contributed by atoms with E-state index in [0.29, 0.717) is 44.2 Å². The molecule has 1 aliphatic rings. The monoisotopic (exact) mass is 623 g/mol. The fourth-order valence-electron chi connectivity index (χ4n) is 4.55. The molecule has 41 heavy (non-hydrogen) atoms. The lowest BCUT2D eigenvalue weighted by molar-refractivity contribution is -0.130. The van der Waals surface area contributed by atoms with Crippen molar-refractivity contribution in [2.75, 3.05) is 26.4 Å². The van der Waals surface area contributed by atoms with Crippen LogP contribution in [-0.4, -0.2) is 54.9 Å². The number of hydrogen-bond donors (Lipinski definition) is 3. The van der Waals surface area contributed by atoms with Crippen LogP contribution in [0.2, 0.25) is 0 Å². The zero-order chi connectivity index (χ0) is 29.1. The Labute approximate surface area is 250 Å². The van der Waals surface area contributed by atoms with Crippen LogP contribution < -0.4 is 15.6 Å². The van der Waals surface area contributed by atoms with Gasteiger partial charge in [-0.1, -0.05) is 58.4 Å². The number of hydrogen-bond acceptors (Lipinski definition) is 7. The number of carbonyl (C=O) groups is 1. The van der Waals surface area contributed by atoms with Crippen LogP contribution in [-0.2, 0) is 20.7 Å². The van der Waals surface area contributed by atoms with E-state index in [1.807, 2.05) is 92.7 Å². The molecular formula is C32H38BrN3O5. The first-order valence-corrected chi connectivity index (χ1v) is 14.8. The van der Waals surface area contributed by atoms with Crippen LogP contribution in [0, 0.1) is 0 Å². The zero-order valence-electron chi connectivity index (χ0n) is 23.5. The van der Waals surface area contributed by atoms with Crippen molar-refractivity contribution >= 4 is 27.7 Å². The number of aliphatic hydroxyl groups excluding tert-OH is 1. The summed E-state index contributed by atoms with van der Waals surface area (Å²) in [5, 5.41) is 9.02. The third-order valence-corrected chi connectivity index (χ3v) is 7.15. The molecule has 1 heterocycles. The van der Waals surface area contributed by atoms with Crippen LogP contribution in [0.5, 0.6) is 5.75 Å². The van der Waals surface area contributed by atoms with E-state index in [1.165, 1.54) is 0 Å². The van der Waals surface area contributed by atoms with Crippen LogP contribution in [0.4, 0.5) is 0 Å². The van der Waals surface area contributed by atoms with E-state index in [9.17, 15) is 4.79 Å². The van der Waals surface area contributed by atoms with Crippen molar-refractivity contribution in [3.8, 4) is 5.75 Å². The highest BCUT2D eigenvalue weighted by Gasteiger charge is 2.53. The molecule has 218 valence electrons. The second-order valence-electron chi connectivity index (χ2n) is 10.2. The molecule has 0 radical (unpaired) electrons. The molecule has 0 spiro atoms. The molecule has 2 atom stereocenters. The molecule has 0 unspecified atom stereocenters. The van der Waals surface area contributed by atoms with E-state index in [-0.39, 0.29) is 18.6 Å². The van der Waals surface area contributed by atoms with Gasteiger partial charge in [-0.05, 0) is 67.8 Å². The molecule has 0 aliphatic carbocycles. The van der Waals surface area contributed by atoms with Crippen LogP contribution in [0.15, 0.2) is 88.3 Å². The number of aliphatic imine (C=N–C) groups is 1. The number of benzene rings is 3. The van der Waals surface area contributed by atoms with Crippen LogP contribution >= 0.6 is 15.9 Å². The minimum atomic E-state index is -1.28. The lowest BCUT2D eigenvalue weighted by atomic mass is 9.82. The van der Waals surface area contributed by atoms with Crippen molar-refractivity contribution in [1.29, 1.82) is 0 Å². The predicted octanol–water partition coefficient (Wildman–Crippen LogP) is 5.15. The van der Waals surface area contributed by atoms with Gasteiger partial charge in [0, 0.05) is 42.6 Å². The molecule has 0 bridgehead atoms. The number of aliphatic hydroxyl groups is 1. The smallest absolute Gasteiger partial charge is 0.266 e. The minimum absolute atomic E-state index is 0.0761. The molecule has 0 fully saturated rings. The first kappa shape index (κ1) is 30.7. The molecule has 8 nitrogen and oxygen atoms in total. The first-order valence-electron chi connectivity index (χ1n) is 14.0. The molecule has 0 saturated heterocycles. The van der Waals surface area contributed by atoms with Crippen molar-refractivity contribution < 1.29 is 24.1 Å². The van der Waals surface area contributed by atoms with Gasteiger partial charge in [0.15, 0.2) is 11.6 Å². The van der Waals surface area contributed by atoms with Gasteiger partial charge in [-0.2, -0.15) is 0 Å². The molecular weight excluding hydrogens is 586 g/mol. The van der Waals surface area contributed by atoms with Gasteiger partial charge < -0.3 is 19.3 Å². The minimum Gasteiger partial charge on any atom is -0.494 e. The normalized spacial score (nSPS) is 18.2. The van der Waals surface area contributed by atoms with Crippen molar-refractivity contribution in [2.24, 2.45) is 4.99 Å². The summed E-state index contributed by atoms with van der Waals surface area (Å²) in [4.78, 5) is 19.1. The maximum atomic E-state index is 14.1. The summed E-state index contributed by atoms with van der Waals surface area (Å²) < 4.78 is 18.8. The summed E-state index contributed by atoms with van der Waals surface area (Å²) in [6, 6.07) is 25.0. The van der Waals surface area contributed by atoms with Gasteiger partial charge in [0.25, 0.3) is 5.91 Å². The lowest BCUT2D eigenvalue weighted by Gasteiger charge is -2.31. The van der Waals surface area contributed by atoms with E-state index in [1.54, 1.807) is 0 Å². The third-order valence-electron chi connectivity index (χ3n) is 6.62. The quantitative estimate of drug-likeness (QED) is 0.160. The van der Waals surface area contributed by atoms with Crippen LogP contribution in [0.3, 0.4) is 0 Å². The number of rotatable bonds is 15. The van der Waals surface area contributed by atoms with Crippen molar-refractivity contribution in [2.45, 2.75) is 50.9 Å². The standard InChI is InChI=1S/C32H38BrN3O5/c1-23(2)39-20-6-18-34-36-31(38)32(22-24-10-14-27(33)15-11-24)29(25-8-4-3-5-9-25)41-30(35-32)26-12-16-28(17-13-26)40-21-7-19-37/h3-5,8-17,23,29,34,37H,6-7,18-22H2,1-2H3,(H,36,38)/t29-,32-/m0/s1. The fourth-order valence-corrected chi connectivity index (χ4v) is 4.82. The summed E-state index contributed by atoms with van der Waals surface area (Å²) in [7, 11) is 0. The summed E-state index contributed by atoms with van der Waals surface area (Å²) in [5.74, 6) is 0.793. The maximum Gasteiger partial charge on any atom is 0.266 e. The molecule has 4 rings (SSSR count). The Bertz CT molecular complexity index is 1270. The van der Waals surface area contributed by atoms with Gasteiger partial charge in [-0.25, -0.2) is 10.4 Å². The average Bonchev–Trinajstić information content (AvgIpc) is 3.37. The number of carbonyl (C=O) groups excluding carboxylic acids is 1. The van der Waals surface area contributed by atoms with Gasteiger partial charge in [0.05, 0.1) is 12.7 Å². The SMILES string of the molecule is CC(C)OCCCNNC(=O)[C@@]1(Cc2ccc(Br)cc2)N=C(c2ccc(OCCCO)cc2)O[C@H]1c1ccccc1. The summed E-state index contributed by atoms with van der Waals surface area (Å²) in [5.41, 5.74) is 7.26. The fraction of sp³-hybridized carbons (Fsp3) is 0.375. The van der Waals surface area contributed by atoms with Gasteiger partial charge in [0.1, 0.15) is 5.75 Å². The Morgan fingerprint density at radius 2 is 1.76 bits per heavy atom. The molecule has 3 aromatic carbocycles. The molecule has 3 aromatic rings. The first-order chi connectivity index (χ1) is 19.9. The number of hydrazine groups is 1. The molecule has 0 saturated carbocycles.